The van der Waals surface area contributed by atoms with Crippen molar-refractivity contribution in [3.63, 3.8) is 0 Å². The van der Waals surface area contributed by atoms with Crippen molar-refractivity contribution in [2.75, 3.05) is 0 Å². The highest BCUT2D eigenvalue weighted by molar-refractivity contribution is 5.48. The maximum absolute atomic E-state index is 12.8. The average Bonchev–Trinajstić information content (AvgIpc) is 3.05. The van der Waals surface area contributed by atoms with Gasteiger partial charge in [-0.05, 0) is 12.2 Å². The third kappa shape index (κ3) is 3.74. The van der Waals surface area contributed by atoms with E-state index in [1.165, 1.54) is 18.5 Å². The fraction of sp³-hybridized carbons (Fsp3) is 0.286. The number of hydrogen-bond donors (Lipinski definition) is 0. The van der Waals surface area contributed by atoms with Gasteiger partial charge in [0.15, 0.2) is 5.82 Å². The molecule has 1 aliphatic rings. The summed E-state index contributed by atoms with van der Waals surface area (Å²) >= 11 is 0. The van der Waals surface area contributed by atoms with Crippen molar-refractivity contribution in [2.24, 2.45) is 0 Å². The molecule has 0 aromatic carbocycles. The summed E-state index contributed by atoms with van der Waals surface area (Å²) in [6.07, 6.45) is 3.66. The van der Waals surface area contributed by atoms with E-state index < -0.39 is 12.3 Å². The van der Waals surface area contributed by atoms with Crippen molar-refractivity contribution in [3.05, 3.63) is 47.8 Å². The van der Waals surface area contributed by atoms with E-state index in [1.807, 2.05) is 0 Å². The van der Waals surface area contributed by atoms with E-state index in [-0.39, 0.29) is 18.3 Å². The summed E-state index contributed by atoms with van der Waals surface area (Å²) in [5, 5.41) is 6.73. The van der Waals surface area contributed by atoms with E-state index in [9.17, 15) is 13.2 Å². The van der Waals surface area contributed by atoms with Crippen molar-refractivity contribution >= 4 is 0 Å². The molecule has 2 heterocycles. The number of nitrogens with zero attached hydrogens (tertiary/aromatic N) is 4. The number of allylic oxidation sites excluding steroid dienone is 4. The largest absolute Gasteiger partial charge is 0.490 e. The van der Waals surface area contributed by atoms with E-state index >= 15 is 0 Å². The molecule has 23 heavy (non-hydrogen) atoms. The summed E-state index contributed by atoms with van der Waals surface area (Å²) in [6.45, 7) is 0.119. The van der Waals surface area contributed by atoms with Crippen LogP contribution in [0.15, 0.2) is 40.5 Å². The van der Waals surface area contributed by atoms with Crippen LogP contribution in [0.3, 0.4) is 0 Å². The molecule has 0 amide bonds. The van der Waals surface area contributed by atoms with Gasteiger partial charge in [-0.15, -0.1) is 10.2 Å². The van der Waals surface area contributed by atoms with Crippen molar-refractivity contribution < 1.29 is 22.3 Å². The van der Waals surface area contributed by atoms with E-state index in [2.05, 4.69) is 20.2 Å². The van der Waals surface area contributed by atoms with Gasteiger partial charge in [-0.3, -0.25) is 0 Å². The lowest BCUT2D eigenvalue weighted by atomic mass is 10.1. The first kappa shape index (κ1) is 15.2. The van der Waals surface area contributed by atoms with Crippen molar-refractivity contribution in [3.8, 4) is 11.5 Å². The Kier molecular flexibility index (Phi) is 4.35. The molecule has 2 aromatic rings. The highest BCUT2D eigenvalue weighted by Gasteiger charge is 2.17. The standard InChI is InChI=1S/C14H11F3N4O2/c15-9-1-3-10(4-2-9)22-7-11-18-5-8(6-19-11)13-20-21-14(23-13)12(16)17/h1,3,5-6,12H,2,4,7H2. The van der Waals surface area contributed by atoms with Crippen LogP contribution in [0, 0.1) is 0 Å². The second kappa shape index (κ2) is 6.59. The zero-order valence-corrected chi connectivity index (χ0v) is 11.7. The van der Waals surface area contributed by atoms with Crippen LogP contribution < -0.4 is 0 Å². The summed E-state index contributed by atoms with van der Waals surface area (Å²) in [6, 6.07) is 0. The predicted octanol–water partition coefficient (Wildman–Crippen LogP) is 3.51. The molecule has 0 spiro atoms. The minimum atomic E-state index is -2.83. The quantitative estimate of drug-likeness (QED) is 0.838. The Hall–Kier alpha value is -2.71. The molecule has 9 heteroatoms. The molecule has 0 unspecified atom stereocenters. The number of aromatic nitrogens is 4. The Balaban J connectivity index is 1.63. The number of alkyl halides is 2. The average molecular weight is 324 g/mol. The normalized spacial score (nSPS) is 14.6. The monoisotopic (exact) mass is 324 g/mol. The minimum Gasteiger partial charge on any atom is -0.490 e. The van der Waals surface area contributed by atoms with Crippen LogP contribution in [0.4, 0.5) is 13.2 Å². The number of hydrogen-bond acceptors (Lipinski definition) is 6. The topological polar surface area (TPSA) is 73.9 Å². The SMILES string of the molecule is FC1=CC=C(OCc2ncc(-c3nnc(C(F)F)o3)cn2)CC1. The summed E-state index contributed by atoms with van der Waals surface area (Å²) < 4.78 is 47.9. The Morgan fingerprint density at radius 2 is 1.91 bits per heavy atom. The van der Waals surface area contributed by atoms with Crippen molar-refractivity contribution in [2.45, 2.75) is 25.9 Å². The van der Waals surface area contributed by atoms with E-state index in [4.69, 9.17) is 9.15 Å². The molecule has 1 aliphatic carbocycles. The summed E-state index contributed by atoms with van der Waals surface area (Å²) in [5.74, 6) is 0.0248. The molecule has 3 rings (SSSR count). The molecule has 0 N–H and O–H groups in total. The second-order valence-electron chi connectivity index (χ2n) is 4.67. The lowest BCUT2D eigenvalue weighted by molar-refractivity contribution is 0.116. The Bertz CT molecular complexity index is 741. The molecule has 120 valence electrons. The van der Waals surface area contributed by atoms with Crippen LogP contribution in [-0.4, -0.2) is 20.2 Å². The molecule has 0 atom stereocenters. The number of halogens is 3. The summed E-state index contributed by atoms with van der Waals surface area (Å²) in [4.78, 5) is 8.08. The Labute approximate surface area is 128 Å². The maximum Gasteiger partial charge on any atom is 0.314 e. The van der Waals surface area contributed by atoms with Crippen LogP contribution in [0.2, 0.25) is 0 Å². The van der Waals surface area contributed by atoms with Crippen LogP contribution >= 0.6 is 0 Å². The number of ether oxygens (including phenoxy) is 1. The zero-order valence-electron chi connectivity index (χ0n) is 11.7. The maximum atomic E-state index is 12.8. The van der Waals surface area contributed by atoms with Gasteiger partial charge in [-0.25, -0.2) is 14.4 Å². The third-order valence-corrected chi connectivity index (χ3v) is 3.03. The first-order valence-electron chi connectivity index (χ1n) is 6.72. The van der Waals surface area contributed by atoms with Crippen LogP contribution in [0.1, 0.15) is 31.0 Å². The Morgan fingerprint density at radius 1 is 1.13 bits per heavy atom. The zero-order chi connectivity index (χ0) is 16.2. The fourth-order valence-electron chi connectivity index (χ4n) is 1.85. The van der Waals surface area contributed by atoms with E-state index in [0.29, 0.717) is 30.0 Å². The molecule has 0 aliphatic heterocycles. The van der Waals surface area contributed by atoms with E-state index in [1.54, 1.807) is 6.08 Å². The van der Waals surface area contributed by atoms with Gasteiger partial charge in [0.2, 0.25) is 0 Å². The molecule has 2 aromatic heterocycles. The number of rotatable bonds is 5. The fourth-order valence-corrected chi connectivity index (χ4v) is 1.85. The van der Waals surface area contributed by atoms with Crippen LogP contribution in [-0.2, 0) is 11.3 Å². The van der Waals surface area contributed by atoms with Crippen LogP contribution in [0.5, 0.6) is 0 Å². The first-order chi connectivity index (χ1) is 11.1. The van der Waals surface area contributed by atoms with Gasteiger partial charge >= 0.3 is 6.43 Å². The first-order valence-corrected chi connectivity index (χ1v) is 6.72. The van der Waals surface area contributed by atoms with Crippen molar-refractivity contribution in [1.29, 1.82) is 0 Å². The molecule has 0 radical (unpaired) electrons. The van der Waals surface area contributed by atoms with Crippen LogP contribution in [0.25, 0.3) is 11.5 Å². The molecular formula is C14H11F3N4O2. The van der Waals surface area contributed by atoms with Crippen molar-refractivity contribution in [1.82, 2.24) is 20.2 Å². The van der Waals surface area contributed by atoms with Gasteiger partial charge in [0.05, 0.1) is 11.3 Å². The van der Waals surface area contributed by atoms with Gasteiger partial charge < -0.3 is 9.15 Å². The Morgan fingerprint density at radius 3 is 2.52 bits per heavy atom. The van der Waals surface area contributed by atoms with Gasteiger partial charge in [-0.2, -0.15) is 8.78 Å². The molecule has 0 saturated carbocycles. The summed E-state index contributed by atoms with van der Waals surface area (Å²) in [5.41, 5.74) is 0.329. The lowest BCUT2D eigenvalue weighted by Gasteiger charge is -2.11. The molecule has 0 saturated heterocycles. The molecule has 0 bridgehead atoms. The van der Waals surface area contributed by atoms with E-state index in [0.717, 1.165) is 0 Å². The predicted molar refractivity (Wildman–Crippen MR) is 71.6 cm³/mol. The third-order valence-electron chi connectivity index (χ3n) is 3.03. The molecular weight excluding hydrogens is 313 g/mol. The van der Waals surface area contributed by atoms with Gasteiger partial charge in [0.25, 0.3) is 11.8 Å². The van der Waals surface area contributed by atoms with Gasteiger partial charge in [0.1, 0.15) is 12.4 Å². The second-order valence-corrected chi connectivity index (χ2v) is 4.67. The highest BCUT2D eigenvalue weighted by Crippen LogP contribution is 2.23. The summed E-state index contributed by atoms with van der Waals surface area (Å²) in [7, 11) is 0. The highest BCUT2D eigenvalue weighted by atomic mass is 19.3. The molecule has 0 fully saturated rings. The van der Waals surface area contributed by atoms with Gasteiger partial charge in [0, 0.05) is 25.2 Å². The smallest absolute Gasteiger partial charge is 0.314 e. The minimum absolute atomic E-state index is 0.0802. The lowest BCUT2D eigenvalue weighted by Crippen LogP contribution is -2.01. The molecule has 6 nitrogen and oxygen atoms in total. The van der Waals surface area contributed by atoms with Gasteiger partial charge in [-0.1, -0.05) is 0 Å².